The average Bonchev–Trinajstić information content (AvgIpc) is 2.14. The van der Waals surface area contributed by atoms with Crippen LogP contribution in [0.25, 0.3) is 0 Å². The van der Waals surface area contributed by atoms with Crippen LogP contribution in [0, 0.1) is 0 Å². The molecule has 0 fully saturated rings. The second-order valence-electron chi connectivity index (χ2n) is 3.90. The Morgan fingerprint density at radius 2 is 2.07 bits per heavy atom. The molecule has 0 saturated heterocycles. The van der Waals surface area contributed by atoms with Crippen molar-refractivity contribution in [3.05, 3.63) is 29.8 Å². The molecule has 1 rings (SSSR count). The highest BCUT2D eigenvalue weighted by atomic mass is 16.3. The maximum absolute atomic E-state index is 9.32. The van der Waals surface area contributed by atoms with Gasteiger partial charge in [0, 0.05) is 6.04 Å². The Morgan fingerprint density at radius 3 is 2.57 bits per heavy atom. The average molecular weight is 193 g/mol. The molecular weight excluding hydrogens is 174 g/mol. The van der Waals surface area contributed by atoms with Crippen LogP contribution in [0.1, 0.15) is 18.9 Å². The summed E-state index contributed by atoms with van der Waals surface area (Å²) in [6.45, 7) is 2.19. The fourth-order valence-corrected chi connectivity index (χ4v) is 1.65. The quantitative estimate of drug-likeness (QED) is 0.793. The van der Waals surface area contributed by atoms with E-state index in [9.17, 15) is 5.11 Å². The van der Waals surface area contributed by atoms with E-state index in [1.165, 1.54) is 5.56 Å². The van der Waals surface area contributed by atoms with Gasteiger partial charge in [-0.1, -0.05) is 19.1 Å². The summed E-state index contributed by atoms with van der Waals surface area (Å²) in [5, 5.41) is 9.32. The molecule has 0 radical (unpaired) electrons. The topological polar surface area (TPSA) is 23.5 Å². The highest BCUT2D eigenvalue weighted by molar-refractivity contribution is 5.27. The Bertz CT molecular complexity index is 283. The largest absolute Gasteiger partial charge is 0.508 e. The van der Waals surface area contributed by atoms with Crippen molar-refractivity contribution < 1.29 is 5.11 Å². The van der Waals surface area contributed by atoms with Gasteiger partial charge in [-0.25, -0.2) is 0 Å². The maximum atomic E-state index is 9.32. The van der Waals surface area contributed by atoms with Gasteiger partial charge < -0.3 is 10.0 Å². The van der Waals surface area contributed by atoms with E-state index in [-0.39, 0.29) is 0 Å². The summed E-state index contributed by atoms with van der Waals surface area (Å²) in [4.78, 5) is 2.23. The molecule has 0 heterocycles. The van der Waals surface area contributed by atoms with Crippen LogP contribution in [0.15, 0.2) is 24.3 Å². The van der Waals surface area contributed by atoms with Gasteiger partial charge in [-0.3, -0.25) is 0 Å². The fourth-order valence-electron chi connectivity index (χ4n) is 1.65. The van der Waals surface area contributed by atoms with Gasteiger partial charge in [0.25, 0.3) is 0 Å². The minimum absolute atomic E-state index is 0.358. The van der Waals surface area contributed by atoms with Crippen molar-refractivity contribution in [2.24, 2.45) is 0 Å². The summed E-state index contributed by atoms with van der Waals surface area (Å²) in [5.41, 5.74) is 1.20. The molecule has 1 atom stereocenters. The van der Waals surface area contributed by atoms with Gasteiger partial charge >= 0.3 is 0 Å². The van der Waals surface area contributed by atoms with Crippen LogP contribution < -0.4 is 0 Å². The number of hydrogen-bond acceptors (Lipinski definition) is 2. The Labute approximate surface area is 86.2 Å². The molecule has 1 aromatic carbocycles. The van der Waals surface area contributed by atoms with Crippen molar-refractivity contribution in [2.75, 3.05) is 14.1 Å². The van der Waals surface area contributed by atoms with Crippen molar-refractivity contribution in [3.63, 3.8) is 0 Å². The van der Waals surface area contributed by atoms with Gasteiger partial charge in [0.05, 0.1) is 0 Å². The second kappa shape index (κ2) is 5.01. The summed E-state index contributed by atoms with van der Waals surface area (Å²) >= 11 is 0. The van der Waals surface area contributed by atoms with E-state index >= 15 is 0 Å². The van der Waals surface area contributed by atoms with E-state index in [1.54, 1.807) is 6.07 Å². The molecule has 0 bridgehead atoms. The van der Waals surface area contributed by atoms with Crippen LogP contribution in [0.5, 0.6) is 5.75 Å². The number of aromatic hydroxyl groups is 1. The first-order chi connectivity index (χ1) is 6.63. The summed E-state index contributed by atoms with van der Waals surface area (Å²) < 4.78 is 0. The molecule has 14 heavy (non-hydrogen) atoms. The summed E-state index contributed by atoms with van der Waals surface area (Å²) in [6, 6.07) is 8.06. The van der Waals surface area contributed by atoms with Crippen LogP contribution in [-0.4, -0.2) is 30.1 Å². The number of hydrogen-bond donors (Lipinski definition) is 1. The predicted octanol–water partition coefficient (Wildman–Crippen LogP) is 2.27. The van der Waals surface area contributed by atoms with Crippen molar-refractivity contribution >= 4 is 0 Å². The smallest absolute Gasteiger partial charge is 0.115 e. The molecular formula is C12H19NO. The molecule has 0 aromatic heterocycles. The van der Waals surface area contributed by atoms with Gasteiger partial charge in [0.2, 0.25) is 0 Å². The van der Waals surface area contributed by atoms with Gasteiger partial charge in [0.15, 0.2) is 0 Å². The van der Waals surface area contributed by atoms with E-state index in [1.807, 2.05) is 12.1 Å². The molecule has 0 aliphatic carbocycles. The molecule has 0 saturated carbocycles. The van der Waals surface area contributed by atoms with Crippen LogP contribution in [0.3, 0.4) is 0 Å². The summed E-state index contributed by atoms with van der Waals surface area (Å²) in [5.74, 6) is 0.358. The van der Waals surface area contributed by atoms with E-state index in [0.29, 0.717) is 11.8 Å². The maximum Gasteiger partial charge on any atom is 0.115 e. The van der Waals surface area contributed by atoms with Crippen LogP contribution in [0.4, 0.5) is 0 Å². The zero-order chi connectivity index (χ0) is 10.6. The Hall–Kier alpha value is -1.02. The minimum Gasteiger partial charge on any atom is -0.508 e. The Morgan fingerprint density at radius 1 is 1.36 bits per heavy atom. The standard InChI is InChI=1S/C12H19NO/c1-4-11(13(2)3)8-10-6-5-7-12(14)9-10/h5-7,9,11,14H,4,8H2,1-3H3/t11-/m1/s1. The van der Waals surface area contributed by atoms with Crippen molar-refractivity contribution in [3.8, 4) is 5.75 Å². The first-order valence-electron chi connectivity index (χ1n) is 5.07. The third-order valence-corrected chi connectivity index (χ3v) is 2.58. The second-order valence-corrected chi connectivity index (χ2v) is 3.90. The van der Waals surface area contributed by atoms with Crippen molar-refractivity contribution in [2.45, 2.75) is 25.8 Å². The molecule has 0 aliphatic heterocycles. The number of phenolic OH excluding ortho intramolecular Hbond substituents is 1. The molecule has 0 unspecified atom stereocenters. The number of nitrogens with zero attached hydrogens (tertiary/aromatic N) is 1. The third kappa shape index (κ3) is 3.04. The lowest BCUT2D eigenvalue weighted by molar-refractivity contribution is 0.284. The van der Waals surface area contributed by atoms with Crippen LogP contribution >= 0.6 is 0 Å². The third-order valence-electron chi connectivity index (χ3n) is 2.58. The first kappa shape index (κ1) is 11.1. The number of likely N-dealkylation sites (N-methyl/N-ethyl adjacent to an activating group) is 1. The zero-order valence-corrected chi connectivity index (χ0v) is 9.20. The first-order valence-corrected chi connectivity index (χ1v) is 5.07. The summed E-state index contributed by atoms with van der Waals surface area (Å²) in [7, 11) is 4.19. The van der Waals surface area contributed by atoms with Crippen molar-refractivity contribution in [1.29, 1.82) is 0 Å². The van der Waals surface area contributed by atoms with Gasteiger partial charge in [0.1, 0.15) is 5.75 Å². The van der Waals surface area contributed by atoms with E-state index < -0.39 is 0 Å². The fraction of sp³-hybridized carbons (Fsp3) is 0.500. The molecule has 1 N–H and O–H groups in total. The molecule has 0 amide bonds. The normalized spacial score (nSPS) is 13.1. The van der Waals surface area contributed by atoms with E-state index in [4.69, 9.17) is 0 Å². The Kier molecular flexibility index (Phi) is 3.96. The van der Waals surface area contributed by atoms with E-state index in [0.717, 1.165) is 12.8 Å². The predicted molar refractivity (Wildman–Crippen MR) is 59.6 cm³/mol. The van der Waals surface area contributed by atoms with Crippen molar-refractivity contribution in [1.82, 2.24) is 4.90 Å². The number of benzene rings is 1. The summed E-state index contributed by atoms with van der Waals surface area (Å²) in [6.07, 6.45) is 2.13. The Balaban J connectivity index is 2.67. The van der Waals surface area contributed by atoms with Gasteiger partial charge in [-0.05, 0) is 44.6 Å². The molecule has 1 aromatic rings. The molecule has 2 nitrogen and oxygen atoms in total. The lowest BCUT2D eigenvalue weighted by atomic mass is 10.0. The number of phenols is 1. The highest BCUT2D eigenvalue weighted by Crippen LogP contribution is 2.15. The lowest BCUT2D eigenvalue weighted by Gasteiger charge is -2.22. The number of rotatable bonds is 4. The molecule has 78 valence electrons. The van der Waals surface area contributed by atoms with Crippen LogP contribution in [-0.2, 0) is 6.42 Å². The molecule has 2 heteroatoms. The van der Waals surface area contributed by atoms with Gasteiger partial charge in [-0.2, -0.15) is 0 Å². The monoisotopic (exact) mass is 193 g/mol. The zero-order valence-electron chi connectivity index (χ0n) is 9.20. The highest BCUT2D eigenvalue weighted by Gasteiger charge is 2.09. The van der Waals surface area contributed by atoms with Gasteiger partial charge in [-0.15, -0.1) is 0 Å². The van der Waals surface area contributed by atoms with Crippen LogP contribution in [0.2, 0.25) is 0 Å². The lowest BCUT2D eigenvalue weighted by Crippen LogP contribution is -2.29. The molecule has 0 aliphatic rings. The minimum atomic E-state index is 0.358. The van der Waals surface area contributed by atoms with E-state index in [2.05, 4.69) is 32.0 Å². The SMILES string of the molecule is CC[C@H](Cc1cccc(O)c1)N(C)C. The molecule has 0 spiro atoms.